The van der Waals surface area contributed by atoms with Crippen molar-refractivity contribution in [2.45, 2.75) is 19.6 Å². The number of fused-ring (bicyclic) bond motifs is 3. The molecule has 0 saturated heterocycles. The second-order valence-electron chi connectivity index (χ2n) is 6.73. The first-order valence-corrected chi connectivity index (χ1v) is 9.99. The normalized spacial score (nSPS) is 12.0. The van der Waals surface area contributed by atoms with Gasteiger partial charge in [0.05, 0.1) is 5.69 Å². The lowest BCUT2D eigenvalue weighted by Crippen LogP contribution is -2.08. The first-order chi connectivity index (χ1) is 13.5. The molecule has 2 N–H and O–H groups in total. The molecule has 0 fully saturated rings. The van der Waals surface area contributed by atoms with Crippen LogP contribution in [-0.2, 0) is 5.75 Å². The molecule has 1 heterocycles. The SMILES string of the molecule is Cc1cccc(C)c1N=C(N)SCc1cc(=O)oc2ccc3ccccc3c12. The van der Waals surface area contributed by atoms with Crippen LogP contribution in [0.15, 0.2) is 74.9 Å². The summed E-state index contributed by atoms with van der Waals surface area (Å²) in [7, 11) is 0. The number of nitrogens with zero attached hydrogens (tertiary/aromatic N) is 1. The summed E-state index contributed by atoms with van der Waals surface area (Å²) >= 11 is 1.42. The molecule has 0 amide bonds. The Kier molecular flexibility index (Phi) is 4.92. The second kappa shape index (κ2) is 7.52. The van der Waals surface area contributed by atoms with Crippen molar-refractivity contribution in [1.29, 1.82) is 0 Å². The molecule has 4 nitrogen and oxygen atoms in total. The van der Waals surface area contributed by atoms with Gasteiger partial charge in [0.1, 0.15) is 5.58 Å². The van der Waals surface area contributed by atoms with Crippen LogP contribution in [0.25, 0.3) is 21.7 Å². The topological polar surface area (TPSA) is 68.6 Å². The largest absolute Gasteiger partial charge is 0.423 e. The standard InChI is InChI=1S/C23H20N2O2S/c1-14-6-5-7-15(2)22(14)25-23(24)28-13-17-12-20(26)27-19-11-10-16-8-3-4-9-18(16)21(17)19/h3-12H,13H2,1-2H3,(H2,24,25). The Morgan fingerprint density at radius 2 is 1.79 bits per heavy atom. The van der Waals surface area contributed by atoms with Gasteiger partial charge in [-0.15, -0.1) is 0 Å². The number of hydrogen-bond donors (Lipinski definition) is 1. The molecular formula is C23H20N2O2S. The predicted octanol–water partition coefficient (Wildman–Crippen LogP) is 5.44. The molecule has 5 heteroatoms. The van der Waals surface area contributed by atoms with Crippen LogP contribution >= 0.6 is 11.8 Å². The zero-order chi connectivity index (χ0) is 19.7. The summed E-state index contributed by atoms with van der Waals surface area (Å²) in [5, 5.41) is 3.58. The highest BCUT2D eigenvalue weighted by Gasteiger charge is 2.11. The smallest absolute Gasteiger partial charge is 0.336 e. The Hall–Kier alpha value is -3.05. The van der Waals surface area contributed by atoms with Crippen LogP contribution in [-0.4, -0.2) is 5.17 Å². The number of aliphatic imine (C=N–C) groups is 1. The number of aryl methyl sites for hydroxylation is 2. The molecule has 0 atom stereocenters. The highest BCUT2D eigenvalue weighted by atomic mass is 32.2. The number of benzene rings is 3. The first kappa shape index (κ1) is 18.3. The highest BCUT2D eigenvalue weighted by Crippen LogP contribution is 2.30. The molecule has 3 aromatic carbocycles. The lowest BCUT2D eigenvalue weighted by molar-refractivity contribution is 0.560. The van der Waals surface area contributed by atoms with Crippen molar-refractivity contribution in [3.63, 3.8) is 0 Å². The van der Waals surface area contributed by atoms with Gasteiger partial charge in [-0.05, 0) is 47.4 Å². The number of thioether (sulfide) groups is 1. The van der Waals surface area contributed by atoms with Crippen LogP contribution in [0.2, 0.25) is 0 Å². The molecule has 0 saturated carbocycles. The van der Waals surface area contributed by atoms with Gasteiger partial charge in [-0.1, -0.05) is 60.3 Å². The number of rotatable bonds is 3. The van der Waals surface area contributed by atoms with Crippen molar-refractivity contribution in [1.82, 2.24) is 0 Å². The lowest BCUT2D eigenvalue weighted by Gasteiger charge is -2.09. The third kappa shape index (κ3) is 3.53. The van der Waals surface area contributed by atoms with Crippen LogP contribution in [0, 0.1) is 13.8 Å². The third-order valence-corrected chi connectivity index (χ3v) is 5.59. The molecule has 4 rings (SSSR count). The maximum absolute atomic E-state index is 12.0. The fraction of sp³-hybridized carbons (Fsp3) is 0.130. The molecule has 0 spiro atoms. The van der Waals surface area contributed by atoms with Crippen LogP contribution in [0.4, 0.5) is 5.69 Å². The lowest BCUT2D eigenvalue weighted by atomic mass is 10.0. The monoisotopic (exact) mass is 388 g/mol. The Morgan fingerprint density at radius 1 is 1.04 bits per heavy atom. The summed E-state index contributed by atoms with van der Waals surface area (Å²) in [5.74, 6) is 0.538. The molecule has 28 heavy (non-hydrogen) atoms. The number of para-hydroxylation sites is 1. The minimum Gasteiger partial charge on any atom is -0.423 e. The van der Waals surface area contributed by atoms with Crippen molar-refractivity contribution in [3.05, 3.63) is 87.8 Å². The molecule has 0 radical (unpaired) electrons. The van der Waals surface area contributed by atoms with E-state index in [-0.39, 0.29) is 5.63 Å². The molecule has 0 unspecified atom stereocenters. The summed E-state index contributed by atoms with van der Waals surface area (Å²) in [6.07, 6.45) is 0. The maximum Gasteiger partial charge on any atom is 0.336 e. The van der Waals surface area contributed by atoms with E-state index in [0.29, 0.717) is 16.5 Å². The summed E-state index contributed by atoms with van der Waals surface area (Å²) in [5.41, 5.74) is 10.4. The van der Waals surface area contributed by atoms with Crippen LogP contribution in [0.5, 0.6) is 0 Å². The van der Waals surface area contributed by atoms with Crippen molar-refractivity contribution in [2.75, 3.05) is 0 Å². The summed E-state index contributed by atoms with van der Waals surface area (Å²) in [6.45, 7) is 4.04. The number of hydrogen-bond acceptors (Lipinski definition) is 4. The fourth-order valence-corrected chi connectivity index (χ4v) is 4.10. The average molecular weight is 388 g/mol. The molecule has 0 aliphatic rings. The molecule has 0 bridgehead atoms. The van der Waals surface area contributed by atoms with E-state index in [1.165, 1.54) is 11.8 Å². The molecule has 1 aromatic heterocycles. The Labute approximate surface area is 167 Å². The van der Waals surface area contributed by atoms with E-state index in [0.717, 1.165) is 38.5 Å². The van der Waals surface area contributed by atoms with E-state index in [1.807, 2.05) is 68.4 Å². The van der Waals surface area contributed by atoms with Crippen LogP contribution < -0.4 is 11.4 Å². The van der Waals surface area contributed by atoms with Crippen LogP contribution in [0.1, 0.15) is 16.7 Å². The maximum atomic E-state index is 12.0. The Bertz CT molecular complexity index is 1250. The molecule has 0 aliphatic carbocycles. The van der Waals surface area contributed by atoms with Gasteiger partial charge in [-0.2, -0.15) is 0 Å². The van der Waals surface area contributed by atoms with Gasteiger partial charge in [0.15, 0.2) is 5.17 Å². The molecule has 0 aliphatic heterocycles. The van der Waals surface area contributed by atoms with E-state index in [2.05, 4.69) is 4.99 Å². The Balaban J connectivity index is 1.73. The van der Waals surface area contributed by atoms with Crippen molar-refractivity contribution >= 4 is 44.4 Å². The van der Waals surface area contributed by atoms with Crippen molar-refractivity contribution < 1.29 is 4.42 Å². The van der Waals surface area contributed by atoms with E-state index < -0.39 is 0 Å². The quantitative estimate of drug-likeness (QED) is 0.219. The van der Waals surface area contributed by atoms with Crippen LogP contribution in [0.3, 0.4) is 0 Å². The number of amidine groups is 1. The summed E-state index contributed by atoms with van der Waals surface area (Å²) in [4.78, 5) is 16.6. The van der Waals surface area contributed by atoms with E-state index in [4.69, 9.17) is 10.2 Å². The zero-order valence-electron chi connectivity index (χ0n) is 15.7. The second-order valence-corrected chi connectivity index (χ2v) is 7.73. The van der Waals surface area contributed by atoms with Gasteiger partial charge in [-0.25, -0.2) is 9.79 Å². The van der Waals surface area contributed by atoms with Gasteiger partial charge in [0, 0.05) is 17.2 Å². The van der Waals surface area contributed by atoms with E-state index >= 15 is 0 Å². The van der Waals surface area contributed by atoms with Gasteiger partial charge in [0.25, 0.3) is 0 Å². The number of nitrogens with two attached hydrogens (primary N) is 1. The Morgan fingerprint density at radius 3 is 2.57 bits per heavy atom. The zero-order valence-corrected chi connectivity index (χ0v) is 16.5. The fourth-order valence-electron chi connectivity index (χ4n) is 3.41. The third-order valence-electron chi connectivity index (χ3n) is 4.75. The molecular weight excluding hydrogens is 368 g/mol. The highest BCUT2D eigenvalue weighted by molar-refractivity contribution is 8.13. The average Bonchev–Trinajstić information content (AvgIpc) is 2.68. The minimum absolute atomic E-state index is 0.358. The first-order valence-electron chi connectivity index (χ1n) is 9.00. The van der Waals surface area contributed by atoms with Crippen molar-refractivity contribution in [2.24, 2.45) is 10.7 Å². The molecule has 4 aromatic rings. The van der Waals surface area contributed by atoms with E-state index in [1.54, 1.807) is 6.07 Å². The summed E-state index contributed by atoms with van der Waals surface area (Å²) in [6, 6.07) is 19.5. The predicted molar refractivity (Wildman–Crippen MR) is 118 cm³/mol. The van der Waals surface area contributed by atoms with Gasteiger partial charge >= 0.3 is 5.63 Å². The van der Waals surface area contributed by atoms with Gasteiger partial charge in [0.2, 0.25) is 0 Å². The minimum atomic E-state index is -0.358. The van der Waals surface area contributed by atoms with Gasteiger partial charge in [-0.3, -0.25) is 0 Å². The van der Waals surface area contributed by atoms with E-state index in [9.17, 15) is 4.79 Å². The van der Waals surface area contributed by atoms with Gasteiger partial charge < -0.3 is 10.2 Å². The summed E-state index contributed by atoms with van der Waals surface area (Å²) < 4.78 is 5.42. The molecule has 140 valence electrons. The van der Waals surface area contributed by atoms with Crippen molar-refractivity contribution in [3.8, 4) is 0 Å².